The van der Waals surface area contributed by atoms with E-state index in [0.29, 0.717) is 51.7 Å². The molecule has 1 fully saturated rings. The van der Waals surface area contributed by atoms with Gasteiger partial charge in [0.1, 0.15) is 12.4 Å². The first-order valence-electron chi connectivity index (χ1n) is 11.7. The lowest BCUT2D eigenvalue weighted by atomic mass is 10.1. The van der Waals surface area contributed by atoms with Crippen LogP contribution < -0.4 is 30.0 Å². The molecule has 1 heterocycles. The number of halogens is 2. The first-order chi connectivity index (χ1) is 17.9. The van der Waals surface area contributed by atoms with Crippen molar-refractivity contribution in [3.8, 4) is 17.2 Å². The van der Waals surface area contributed by atoms with E-state index >= 15 is 0 Å². The number of hydrogen-bond acceptors (Lipinski definition) is 6. The normalized spacial score (nSPS) is 14.9. The number of amides is 2. The molecule has 8 nitrogen and oxygen atoms in total. The highest BCUT2D eigenvalue weighted by atomic mass is 35.5. The molecule has 1 atom stereocenters. The van der Waals surface area contributed by atoms with Crippen molar-refractivity contribution in [2.75, 3.05) is 30.6 Å². The zero-order valence-corrected chi connectivity index (χ0v) is 21.9. The topological polar surface area (TPSA) is 89.1 Å². The molecule has 1 saturated heterocycles. The summed E-state index contributed by atoms with van der Waals surface area (Å²) in [5.74, 6) is 0.818. The third kappa shape index (κ3) is 6.39. The van der Waals surface area contributed by atoms with Crippen LogP contribution in [-0.4, -0.2) is 32.1 Å². The largest absolute Gasteiger partial charge is 0.497 e. The number of hydrogen-bond donors (Lipinski definition) is 2. The van der Waals surface area contributed by atoms with Gasteiger partial charge in [-0.25, -0.2) is 0 Å². The number of rotatable bonds is 10. The van der Waals surface area contributed by atoms with E-state index in [9.17, 15) is 9.59 Å². The van der Waals surface area contributed by atoms with Crippen LogP contribution in [0.1, 0.15) is 18.9 Å². The van der Waals surface area contributed by atoms with Gasteiger partial charge in [-0.2, -0.15) is 0 Å². The Morgan fingerprint density at radius 2 is 1.76 bits per heavy atom. The van der Waals surface area contributed by atoms with Crippen LogP contribution in [0.4, 0.5) is 11.4 Å². The Bertz CT molecular complexity index is 1250. The summed E-state index contributed by atoms with van der Waals surface area (Å²) in [6.45, 7) is 2.75. The second-order valence-corrected chi connectivity index (χ2v) is 9.12. The maximum Gasteiger partial charge on any atom is 0.243 e. The second kappa shape index (κ2) is 12.1. The molecule has 3 aromatic rings. The van der Waals surface area contributed by atoms with E-state index in [4.69, 9.17) is 37.4 Å². The van der Waals surface area contributed by atoms with Crippen LogP contribution in [0.15, 0.2) is 60.7 Å². The van der Waals surface area contributed by atoms with E-state index in [0.717, 1.165) is 5.69 Å². The quantitative estimate of drug-likeness (QED) is 0.329. The van der Waals surface area contributed by atoms with Crippen molar-refractivity contribution in [2.45, 2.75) is 20.0 Å². The Labute approximate surface area is 225 Å². The number of nitrogens with one attached hydrogen (secondary N) is 2. The number of anilines is 2. The lowest BCUT2D eigenvalue weighted by molar-refractivity contribution is -0.125. The molecule has 3 aromatic carbocycles. The van der Waals surface area contributed by atoms with Gasteiger partial charge < -0.3 is 19.1 Å². The van der Waals surface area contributed by atoms with Gasteiger partial charge in [0.25, 0.3) is 0 Å². The summed E-state index contributed by atoms with van der Waals surface area (Å²) >= 11 is 12.5. The predicted octanol–water partition coefficient (Wildman–Crippen LogP) is 5.48. The highest BCUT2D eigenvalue weighted by Crippen LogP contribution is 2.33. The van der Waals surface area contributed by atoms with E-state index in [1.165, 1.54) is 0 Å². The van der Waals surface area contributed by atoms with Gasteiger partial charge in [-0.15, -0.1) is 0 Å². The van der Waals surface area contributed by atoms with E-state index in [1.807, 2.05) is 6.92 Å². The summed E-state index contributed by atoms with van der Waals surface area (Å²) in [7, 11) is 1.58. The maximum absolute atomic E-state index is 12.8. The number of benzene rings is 3. The molecule has 194 valence electrons. The third-order valence-electron chi connectivity index (χ3n) is 5.89. The first-order valence-corrected chi connectivity index (χ1v) is 12.5. The van der Waals surface area contributed by atoms with Gasteiger partial charge in [0, 0.05) is 40.3 Å². The Morgan fingerprint density at radius 1 is 1.03 bits per heavy atom. The summed E-state index contributed by atoms with van der Waals surface area (Å²) in [5.41, 5.74) is 7.59. The molecule has 37 heavy (non-hydrogen) atoms. The number of methoxy groups -OCH3 is 1. The molecule has 0 bridgehead atoms. The molecule has 1 aliphatic rings. The van der Waals surface area contributed by atoms with Crippen molar-refractivity contribution in [3.05, 3.63) is 76.3 Å². The fourth-order valence-electron chi connectivity index (χ4n) is 3.92. The zero-order valence-electron chi connectivity index (χ0n) is 20.4. The van der Waals surface area contributed by atoms with Gasteiger partial charge >= 0.3 is 0 Å². The van der Waals surface area contributed by atoms with Crippen molar-refractivity contribution in [2.24, 2.45) is 5.92 Å². The van der Waals surface area contributed by atoms with Crippen LogP contribution in [0, 0.1) is 5.92 Å². The highest BCUT2D eigenvalue weighted by molar-refractivity contribution is 6.35. The monoisotopic (exact) mass is 543 g/mol. The molecule has 0 aliphatic carbocycles. The molecule has 4 rings (SSSR count). The van der Waals surface area contributed by atoms with E-state index in [1.54, 1.807) is 72.7 Å². The Hall–Kier alpha value is -3.62. The lowest BCUT2D eigenvalue weighted by Crippen LogP contribution is -2.36. The first kappa shape index (κ1) is 26.4. The second-order valence-electron chi connectivity index (χ2n) is 8.30. The Kier molecular flexibility index (Phi) is 8.63. The predicted molar refractivity (Wildman–Crippen MR) is 144 cm³/mol. The van der Waals surface area contributed by atoms with E-state index in [2.05, 4.69) is 10.9 Å². The van der Waals surface area contributed by atoms with Gasteiger partial charge in [0.2, 0.25) is 11.8 Å². The lowest BCUT2D eigenvalue weighted by Gasteiger charge is -2.18. The number of nitrogens with zero attached hydrogens (tertiary/aromatic N) is 1. The average molecular weight is 544 g/mol. The fraction of sp³-hybridized carbons (Fsp3) is 0.259. The molecule has 10 heteroatoms. The minimum absolute atomic E-state index is 0.107. The van der Waals surface area contributed by atoms with E-state index < -0.39 is 5.92 Å². The molecular formula is C27H27Cl2N3O5. The van der Waals surface area contributed by atoms with Gasteiger partial charge in [0.05, 0.1) is 25.3 Å². The molecule has 0 radical (unpaired) electrons. The zero-order chi connectivity index (χ0) is 26.4. The summed E-state index contributed by atoms with van der Waals surface area (Å²) in [5, 5.41) is 1.03. The summed E-state index contributed by atoms with van der Waals surface area (Å²) in [6.07, 6.45) is 0.126. The molecule has 1 aliphatic heterocycles. The van der Waals surface area contributed by atoms with Gasteiger partial charge in [-0.3, -0.25) is 20.4 Å². The van der Waals surface area contributed by atoms with Crippen molar-refractivity contribution in [1.82, 2.24) is 5.43 Å². The summed E-state index contributed by atoms with van der Waals surface area (Å²) in [4.78, 5) is 26.9. The van der Waals surface area contributed by atoms with Crippen molar-refractivity contribution in [1.29, 1.82) is 0 Å². The Balaban J connectivity index is 1.36. The molecule has 0 saturated carbocycles. The smallest absolute Gasteiger partial charge is 0.243 e. The SMILES string of the molecule is CCOc1cc(NNC(=O)[C@@H]2CC(=O)N(c3ccc(OC)cc3)C2)ccc1OCc1c(Cl)cccc1Cl. The third-order valence-corrected chi connectivity index (χ3v) is 6.60. The van der Waals surface area contributed by atoms with Gasteiger partial charge in [-0.05, 0) is 55.5 Å². The van der Waals surface area contributed by atoms with Crippen molar-refractivity contribution < 1.29 is 23.8 Å². The Morgan fingerprint density at radius 3 is 2.43 bits per heavy atom. The van der Waals surface area contributed by atoms with Gasteiger partial charge in [0.15, 0.2) is 11.5 Å². The highest BCUT2D eigenvalue weighted by Gasteiger charge is 2.35. The van der Waals surface area contributed by atoms with Crippen LogP contribution >= 0.6 is 23.2 Å². The molecule has 0 unspecified atom stereocenters. The standard InChI is InChI=1S/C27H27Cl2N3O5/c1-3-36-25-14-18(7-12-24(25)37-16-21-22(28)5-4-6-23(21)29)30-31-27(34)17-13-26(33)32(15-17)19-8-10-20(35-2)11-9-19/h4-12,14,17,30H,3,13,15-16H2,1-2H3,(H,31,34)/t17-/m1/s1. The minimum Gasteiger partial charge on any atom is -0.497 e. The number of hydrazine groups is 1. The van der Waals surface area contributed by atoms with Crippen molar-refractivity contribution in [3.63, 3.8) is 0 Å². The maximum atomic E-state index is 12.8. The van der Waals surface area contributed by atoms with E-state index in [-0.39, 0.29) is 24.8 Å². The molecule has 0 spiro atoms. The van der Waals surface area contributed by atoms with Crippen LogP contribution in [0.3, 0.4) is 0 Å². The van der Waals surface area contributed by atoms with Crippen LogP contribution in [-0.2, 0) is 16.2 Å². The van der Waals surface area contributed by atoms with Crippen LogP contribution in [0.5, 0.6) is 17.2 Å². The molecule has 2 N–H and O–H groups in total. The number of carbonyl (C=O) groups excluding carboxylic acids is 2. The molecular weight excluding hydrogens is 517 g/mol. The molecule has 2 amide bonds. The average Bonchev–Trinajstić information content (AvgIpc) is 3.29. The number of carbonyl (C=O) groups is 2. The molecule has 0 aromatic heterocycles. The minimum atomic E-state index is -0.489. The summed E-state index contributed by atoms with van der Waals surface area (Å²) in [6, 6.07) is 17.6. The number of ether oxygens (including phenoxy) is 3. The van der Waals surface area contributed by atoms with Gasteiger partial charge in [-0.1, -0.05) is 29.3 Å². The van der Waals surface area contributed by atoms with Crippen LogP contribution in [0.25, 0.3) is 0 Å². The van der Waals surface area contributed by atoms with Crippen LogP contribution in [0.2, 0.25) is 10.0 Å². The van der Waals surface area contributed by atoms with Crippen molar-refractivity contribution >= 4 is 46.4 Å². The summed E-state index contributed by atoms with van der Waals surface area (Å²) < 4.78 is 16.8. The fourth-order valence-corrected chi connectivity index (χ4v) is 4.43.